The van der Waals surface area contributed by atoms with Crippen molar-refractivity contribution >= 4 is 39.0 Å². The zero-order valence-electron chi connectivity index (χ0n) is 29.8. The van der Waals surface area contributed by atoms with Gasteiger partial charge in [0, 0.05) is 38.8 Å². The van der Waals surface area contributed by atoms with Crippen LogP contribution in [0, 0.1) is 0 Å². The minimum atomic E-state index is -0.0473. The third-order valence-corrected chi connectivity index (χ3v) is 11.1. The van der Waals surface area contributed by atoms with Crippen LogP contribution in [0.4, 0.5) is 17.1 Å². The molecule has 0 spiro atoms. The largest absolute Gasteiger partial charge is 0.455 e. The minimum absolute atomic E-state index is 0.0473. The van der Waals surface area contributed by atoms with Crippen molar-refractivity contribution in [2.75, 3.05) is 4.90 Å². The molecule has 1 aliphatic carbocycles. The van der Waals surface area contributed by atoms with E-state index in [1.54, 1.807) is 0 Å². The number of rotatable bonds is 6. The van der Waals surface area contributed by atoms with E-state index in [-0.39, 0.29) is 5.41 Å². The topological polar surface area (TPSA) is 16.4 Å². The Morgan fingerprint density at radius 2 is 0.925 bits per heavy atom. The van der Waals surface area contributed by atoms with Crippen molar-refractivity contribution in [1.82, 2.24) is 0 Å². The molecule has 53 heavy (non-hydrogen) atoms. The van der Waals surface area contributed by atoms with E-state index < -0.39 is 0 Å². The maximum Gasteiger partial charge on any atom is 0.143 e. The molecule has 0 amide bonds. The fraction of sp³-hybridized carbons (Fsp3) is 0.0588. The highest BCUT2D eigenvalue weighted by Crippen LogP contribution is 2.51. The molecule has 0 aliphatic heterocycles. The van der Waals surface area contributed by atoms with E-state index in [1.165, 1.54) is 38.9 Å². The summed E-state index contributed by atoms with van der Waals surface area (Å²) in [4.78, 5) is 2.38. The summed E-state index contributed by atoms with van der Waals surface area (Å²) in [6.45, 7) is 4.67. The normalized spacial score (nSPS) is 12.9. The molecule has 0 fully saturated rings. The highest BCUT2D eigenvalue weighted by molar-refractivity contribution is 6.10. The van der Waals surface area contributed by atoms with Crippen molar-refractivity contribution in [3.8, 4) is 44.5 Å². The molecule has 1 aromatic heterocycles. The molecule has 0 saturated carbocycles. The molecule has 0 bridgehead atoms. The maximum atomic E-state index is 6.47. The van der Waals surface area contributed by atoms with Crippen LogP contribution in [0.15, 0.2) is 192 Å². The van der Waals surface area contributed by atoms with Gasteiger partial charge in [-0.15, -0.1) is 0 Å². The Hall–Kier alpha value is -6.64. The van der Waals surface area contributed by atoms with Gasteiger partial charge in [0.05, 0.1) is 0 Å². The molecule has 10 rings (SSSR count). The highest BCUT2D eigenvalue weighted by Gasteiger charge is 2.35. The average molecular weight is 680 g/mol. The van der Waals surface area contributed by atoms with Gasteiger partial charge in [0.2, 0.25) is 0 Å². The van der Waals surface area contributed by atoms with Gasteiger partial charge in [-0.2, -0.15) is 0 Å². The summed E-state index contributed by atoms with van der Waals surface area (Å²) in [5.41, 5.74) is 17.5. The molecule has 0 unspecified atom stereocenters. The molecule has 0 radical (unpaired) electrons. The van der Waals surface area contributed by atoms with E-state index in [2.05, 4.69) is 195 Å². The van der Waals surface area contributed by atoms with E-state index in [0.717, 1.165) is 55.7 Å². The van der Waals surface area contributed by atoms with Crippen LogP contribution in [0.1, 0.15) is 25.0 Å². The van der Waals surface area contributed by atoms with Crippen molar-refractivity contribution in [3.63, 3.8) is 0 Å². The Morgan fingerprint density at radius 3 is 1.70 bits per heavy atom. The third kappa shape index (κ3) is 5.10. The van der Waals surface area contributed by atoms with Gasteiger partial charge in [0.1, 0.15) is 11.2 Å². The van der Waals surface area contributed by atoms with Crippen molar-refractivity contribution in [3.05, 3.63) is 199 Å². The quantitative estimate of drug-likeness (QED) is 0.174. The van der Waals surface area contributed by atoms with Crippen LogP contribution in [-0.4, -0.2) is 0 Å². The molecule has 2 heteroatoms. The van der Waals surface area contributed by atoms with Gasteiger partial charge in [0.25, 0.3) is 0 Å². The van der Waals surface area contributed by atoms with Gasteiger partial charge in [-0.1, -0.05) is 159 Å². The van der Waals surface area contributed by atoms with Crippen molar-refractivity contribution in [2.24, 2.45) is 0 Å². The summed E-state index contributed by atoms with van der Waals surface area (Å²) >= 11 is 0. The van der Waals surface area contributed by atoms with Gasteiger partial charge < -0.3 is 9.32 Å². The van der Waals surface area contributed by atoms with Crippen LogP contribution in [0.2, 0.25) is 0 Å². The van der Waals surface area contributed by atoms with E-state index in [9.17, 15) is 0 Å². The van der Waals surface area contributed by atoms with Crippen molar-refractivity contribution in [2.45, 2.75) is 19.3 Å². The van der Waals surface area contributed by atoms with Gasteiger partial charge in [0.15, 0.2) is 0 Å². The Kier molecular flexibility index (Phi) is 7.19. The van der Waals surface area contributed by atoms with E-state index >= 15 is 0 Å². The minimum Gasteiger partial charge on any atom is -0.455 e. The first-order valence-corrected chi connectivity index (χ1v) is 18.3. The lowest BCUT2D eigenvalue weighted by Gasteiger charge is -2.27. The first-order chi connectivity index (χ1) is 26.0. The second kappa shape index (κ2) is 12.3. The number of fused-ring (bicyclic) bond motifs is 6. The van der Waals surface area contributed by atoms with E-state index in [1.807, 2.05) is 12.1 Å². The van der Waals surface area contributed by atoms with Crippen LogP contribution in [0.3, 0.4) is 0 Å². The summed E-state index contributed by atoms with van der Waals surface area (Å²) < 4.78 is 6.47. The maximum absolute atomic E-state index is 6.47. The second-order valence-electron chi connectivity index (χ2n) is 14.5. The summed E-state index contributed by atoms with van der Waals surface area (Å²) in [5.74, 6) is 0. The molecule has 9 aromatic rings. The van der Waals surface area contributed by atoms with Crippen LogP contribution in [0.25, 0.3) is 66.4 Å². The number of hydrogen-bond acceptors (Lipinski definition) is 2. The Balaban J connectivity index is 1.08. The van der Waals surface area contributed by atoms with Gasteiger partial charge in [-0.25, -0.2) is 0 Å². The fourth-order valence-electron chi connectivity index (χ4n) is 8.45. The number of para-hydroxylation sites is 2. The Labute approximate surface area is 310 Å². The molecule has 0 atom stereocenters. The number of anilines is 3. The zero-order chi connectivity index (χ0) is 35.5. The smallest absolute Gasteiger partial charge is 0.143 e. The SMILES string of the molecule is CC1(C)c2ccccc2-c2cc(N(c3ccc(-c4ccccc4)cc3)c3ccc(-c4ccccc4-c4cccc5c4oc4ccccc45)cc3)ccc21. The van der Waals surface area contributed by atoms with Gasteiger partial charge in [-0.3, -0.25) is 0 Å². The summed E-state index contributed by atoms with van der Waals surface area (Å²) in [7, 11) is 0. The standard InChI is InChI=1S/C51H37NO/c1-51(2)47-21-10-8-17-42(47)46-33-39(31-32-48(46)51)52(37-27-23-35(24-28-37)34-13-4-3-5-14-34)38-29-25-36(26-30-38)40-15-6-7-16-41(40)44-19-12-20-45-43-18-9-11-22-49(43)53-50(44)45/h3-33H,1-2H3. The molecule has 0 saturated heterocycles. The molecule has 8 aromatic carbocycles. The predicted octanol–water partition coefficient (Wildman–Crippen LogP) is 14.4. The lowest BCUT2D eigenvalue weighted by atomic mass is 9.82. The fourth-order valence-corrected chi connectivity index (χ4v) is 8.45. The lowest BCUT2D eigenvalue weighted by molar-refractivity contribution is 0.660. The third-order valence-electron chi connectivity index (χ3n) is 11.1. The number of nitrogens with zero attached hydrogens (tertiary/aromatic N) is 1. The molecule has 1 aliphatic rings. The lowest BCUT2D eigenvalue weighted by Crippen LogP contribution is -2.15. The molecule has 1 heterocycles. The number of hydrogen-bond donors (Lipinski definition) is 0. The first-order valence-electron chi connectivity index (χ1n) is 18.3. The van der Waals surface area contributed by atoms with Gasteiger partial charge >= 0.3 is 0 Å². The number of furan rings is 1. The van der Waals surface area contributed by atoms with Crippen LogP contribution >= 0.6 is 0 Å². The summed E-state index contributed by atoms with van der Waals surface area (Å²) in [6.07, 6.45) is 0. The monoisotopic (exact) mass is 679 g/mol. The molecule has 252 valence electrons. The average Bonchev–Trinajstić information content (AvgIpc) is 3.71. The highest BCUT2D eigenvalue weighted by atomic mass is 16.3. The second-order valence-corrected chi connectivity index (χ2v) is 14.5. The Bertz CT molecular complexity index is 2790. The van der Waals surface area contributed by atoms with Gasteiger partial charge in [-0.05, 0) is 92.5 Å². The molecule has 2 nitrogen and oxygen atoms in total. The summed E-state index contributed by atoms with van der Waals surface area (Å²) in [5, 5.41) is 2.28. The van der Waals surface area contributed by atoms with Crippen LogP contribution < -0.4 is 4.90 Å². The first kappa shape index (κ1) is 31.1. The van der Waals surface area contributed by atoms with Crippen LogP contribution in [0.5, 0.6) is 0 Å². The molecular weight excluding hydrogens is 643 g/mol. The Morgan fingerprint density at radius 1 is 0.377 bits per heavy atom. The molecular formula is C51H37NO. The van der Waals surface area contributed by atoms with E-state index in [0.29, 0.717) is 0 Å². The van der Waals surface area contributed by atoms with E-state index in [4.69, 9.17) is 4.42 Å². The van der Waals surface area contributed by atoms with Crippen molar-refractivity contribution < 1.29 is 4.42 Å². The summed E-state index contributed by atoms with van der Waals surface area (Å²) in [6, 6.07) is 67.8. The van der Waals surface area contributed by atoms with Crippen molar-refractivity contribution in [1.29, 1.82) is 0 Å². The molecule has 0 N–H and O–H groups in total. The number of benzene rings is 8. The zero-order valence-corrected chi connectivity index (χ0v) is 29.8. The predicted molar refractivity (Wildman–Crippen MR) is 222 cm³/mol. The van der Waals surface area contributed by atoms with Crippen LogP contribution in [-0.2, 0) is 5.41 Å².